The molecule has 0 unspecified atom stereocenters. The Bertz CT molecular complexity index is 30.5. The molecule has 0 aromatic heterocycles. The van der Waals surface area contributed by atoms with Gasteiger partial charge < -0.3 is 10.7 Å². The van der Waals surface area contributed by atoms with Crippen LogP contribution in [0.2, 0.25) is 0 Å². The zero-order valence-electron chi connectivity index (χ0n) is 2.83. The van der Waals surface area contributed by atoms with E-state index in [0.29, 0.717) is 0 Å². The third kappa shape index (κ3) is 6180. The van der Waals surface area contributed by atoms with Crippen LogP contribution in [0.15, 0.2) is 0 Å². The summed E-state index contributed by atoms with van der Waals surface area (Å²) >= 11 is 0. The Morgan fingerprint density at radius 3 is 1.67 bits per heavy atom. The zero-order valence-corrected chi connectivity index (χ0v) is 4.24. The molecule has 0 aliphatic carbocycles. The van der Waals surface area contributed by atoms with E-state index in [1.807, 2.05) is 0 Å². The monoisotopic (exact) mass is 103 g/mol. The zero-order chi connectivity index (χ0) is 3.58. The van der Waals surface area contributed by atoms with Gasteiger partial charge in [-0.3, -0.25) is 0 Å². The Morgan fingerprint density at radius 2 is 1.67 bits per heavy atom. The van der Waals surface area contributed by atoms with E-state index < -0.39 is 5.09 Å². The second-order valence-electron chi connectivity index (χ2n) is 0.238. The fourth-order valence-electron chi connectivity index (χ4n) is 0. The molecule has 0 aromatic carbocycles. The first-order valence-electron chi connectivity index (χ1n) is 0.565. The Kier molecular flexibility index (Phi) is 24.8. The number of hydrogen-bond acceptors (Lipinski definition) is 2. The second kappa shape index (κ2) is 8.87. The summed E-state index contributed by atoms with van der Waals surface area (Å²) in [6.45, 7) is 0. The summed E-state index contributed by atoms with van der Waals surface area (Å²) < 4.78 is 0. The molecule has 0 aromatic rings. The fourth-order valence-corrected chi connectivity index (χ4v) is 0. The molecule has 0 saturated heterocycles. The molecule has 0 bridgehead atoms. The van der Waals surface area contributed by atoms with E-state index in [1.165, 1.54) is 0 Å². The minimum absolute atomic E-state index is 0. The van der Waals surface area contributed by atoms with Crippen molar-refractivity contribution < 1.29 is 15.8 Å². The molecular weight excluding hydrogens is 102 g/mol. The van der Waals surface area contributed by atoms with Gasteiger partial charge in [0.25, 0.3) is 5.09 Å². The van der Waals surface area contributed by atoms with Gasteiger partial charge in [-0.15, -0.1) is 10.1 Å². The van der Waals surface area contributed by atoms with Crippen LogP contribution in [0.25, 0.3) is 0 Å². The first-order valence-corrected chi connectivity index (χ1v) is 0.565. The summed E-state index contributed by atoms with van der Waals surface area (Å²) in [5.74, 6) is 0. The van der Waals surface area contributed by atoms with Crippen molar-refractivity contribution in [3.8, 4) is 0 Å². The van der Waals surface area contributed by atoms with Crippen LogP contribution >= 0.6 is 0 Å². The van der Waals surface area contributed by atoms with Crippen LogP contribution in [0.3, 0.4) is 0 Å². The second-order valence-corrected chi connectivity index (χ2v) is 0.238. The Balaban J connectivity index is -0.0000000450. The molecule has 0 amide bonds. The molecule has 5 nitrogen and oxygen atoms in total. The predicted molar refractivity (Wildman–Crippen MR) is 15.2 cm³/mol. The van der Waals surface area contributed by atoms with Crippen LogP contribution in [0.1, 0.15) is 0 Å². The van der Waals surface area contributed by atoms with Crippen molar-refractivity contribution in [1.82, 2.24) is 0 Å². The molecule has 0 atom stereocenters. The summed E-state index contributed by atoms with van der Waals surface area (Å²) in [4.78, 5) is 8.36. The first kappa shape index (κ1) is 16.8. The van der Waals surface area contributed by atoms with Gasteiger partial charge in [0.1, 0.15) is 0 Å². The quantitative estimate of drug-likeness (QED) is 0.246. The van der Waals surface area contributed by atoms with Crippen LogP contribution in [-0.2, 0) is 5.48 Å². The molecule has 0 aliphatic heterocycles. The van der Waals surface area contributed by atoms with Crippen LogP contribution in [0.5, 0.6) is 0 Å². The van der Waals surface area contributed by atoms with E-state index >= 15 is 0 Å². The Hall–Kier alpha value is -0.0738. The molecule has 1 N–H and O–H groups in total. The Morgan fingerprint density at radius 1 is 1.67 bits per heavy atom. The summed E-state index contributed by atoms with van der Waals surface area (Å²) in [5.41, 5.74) is 0. The van der Waals surface area contributed by atoms with Crippen molar-refractivity contribution in [2.75, 3.05) is 0 Å². The van der Waals surface area contributed by atoms with Crippen molar-refractivity contribution in [2.45, 2.75) is 0 Å². The van der Waals surface area contributed by atoms with Crippen molar-refractivity contribution in [3.63, 3.8) is 0 Å². The third-order valence-electron chi connectivity index (χ3n) is 0. The van der Waals surface area contributed by atoms with Crippen molar-refractivity contribution in [1.29, 1.82) is 0 Å². The fraction of sp³-hybridized carbons (Fsp3) is 0. The molecular formula is HMgNO4. The normalized spacial score (nSPS) is 4.00. The van der Waals surface area contributed by atoms with Gasteiger partial charge in [-0.25, -0.2) is 0 Å². The molecule has 6 heteroatoms. The van der Waals surface area contributed by atoms with Gasteiger partial charge in [0.15, 0.2) is 0 Å². The molecule has 6 heavy (non-hydrogen) atoms. The van der Waals surface area contributed by atoms with E-state index in [2.05, 4.69) is 0 Å². The van der Waals surface area contributed by atoms with E-state index in [-0.39, 0.29) is 28.5 Å². The smallest absolute Gasteiger partial charge is 2.00 e. The molecule has 0 aliphatic rings. The summed E-state index contributed by atoms with van der Waals surface area (Å²) in [6.07, 6.45) is 0. The predicted octanol–water partition coefficient (Wildman–Crippen LogP) is -0.847. The van der Waals surface area contributed by atoms with Gasteiger partial charge in [0, 0.05) is 0 Å². The van der Waals surface area contributed by atoms with Gasteiger partial charge >= 0.3 is 23.1 Å². The summed E-state index contributed by atoms with van der Waals surface area (Å²) in [7, 11) is 0. The number of hydrogen-bond donors (Lipinski definition) is 1. The van der Waals surface area contributed by atoms with E-state index in [9.17, 15) is 0 Å². The van der Waals surface area contributed by atoms with Gasteiger partial charge in [0.2, 0.25) is 0 Å². The molecule has 0 spiro atoms. The van der Waals surface area contributed by atoms with Gasteiger partial charge in [0.05, 0.1) is 0 Å². The minimum atomic E-state index is -1.50. The first-order chi connectivity index (χ1) is 1.73. The van der Waals surface area contributed by atoms with Crippen LogP contribution in [-0.4, -0.2) is 33.3 Å². The minimum Gasteiger partial charge on any atom is -2.00 e. The Labute approximate surface area is 49.5 Å². The largest absolute Gasteiger partial charge is 2.00 e. The molecule has 32 valence electrons. The van der Waals surface area contributed by atoms with E-state index in [1.54, 1.807) is 0 Å². The standard InChI is InChI=1S/Mg.HNO3.O/c;2-1(3)4;/h;(H,2,3,4);/q+2;;-2. The number of rotatable bonds is 0. The van der Waals surface area contributed by atoms with Gasteiger partial charge in [-0.05, 0) is 0 Å². The molecule has 0 heterocycles. The third-order valence-corrected chi connectivity index (χ3v) is 0. The van der Waals surface area contributed by atoms with E-state index in [0.717, 1.165) is 0 Å². The molecule has 0 radical (unpaired) electrons. The average Bonchev–Trinajstić information content (AvgIpc) is 0.811. The summed E-state index contributed by atoms with van der Waals surface area (Å²) in [5, 5.41) is 13.6. The average molecular weight is 103 g/mol. The number of nitrogens with zero attached hydrogens (tertiary/aromatic N) is 1. The maximum atomic E-state index is 8.36. The van der Waals surface area contributed by atoms with Crippen LogP contribution in [0, 0.1) is 10.1 Å². The van der Waals surface area contributed by atoms with Crippen molar-refractivity contribution in [3.05, 3.63) is 10.1 Å². The molecule has 0 rings (SSSR count). The van der Waals surface area contributed by atoms with Crippen molar-refractivity contribution >= 4 is 23.1 Å². The van der Waals surface area contributed by atoms with E-state index in [4.69, 9.17) is 15.3 Å². The topological polar surface area (TPSA) is 91.9 Å². The molecule has 0 saturated carbocycles. The van der Waals surface area contributed by atoms with Gasteiger partial charge in [-0.2, -0.15) is 0 Å². The maximum absolute atomic E-state index is 8.36. The maximum Gasteiger partial charge on any atom is 2.00 e. The summed E-state index contributed by atoms with van der Waals surface area (Å²) in [6, 6.07) is 0. The van der Waals surface area contributed by atoms with Crippen LogP contribution in [0.4, 0.5) is 0 Å². The van der Waals surface area contributed by atoms with Crippen molar-refractivity contribution in [2.24, 2.45) is 0 Å². The van der Waals surface area contributed by atoms with Gasteiger partial charge in [-0.1, -0.05) is 0 Å². The van der Waals surface area contributed by atoms with Crippen LogP contribution < -0.4 is 0 Å². The molecule has 0 fully saturated rings. The SMILES string of the molecule is O=[N+]([O-])O.[Mg+2].[O-2].